The number of Topliss-reactive ketones (excluding diaryl/α,β-unsaturated/α-hetero) is 1. The van der Waals surface area contributed by atoms with Crippen molar-refractivity contribution in [2.24, 2.45) is 17.3 Å². The topological polar surface area (TPSA) is 64.2 Å². The van der Waals surface area contributed by atoms with Crippen molar-refractivity contribution in [3.63, 3.8) is 0 Å². The Hall–Kier alpha value is -1.36. The quantitative estimate of drug-likeness (QED) is 0.922. The summed E-state index contributed by atoms with van der Waals surface area (Å²) >= 11 is 0. The standard InChI is InChI=1S/C19H30N4O/c1-13(2)18(24)14-7-19(8-14)9-17(10-19)22-5-3-16(4-6-22)23-12-15(20)11-21-23/h11-14,16-17H,3-10,20H2,1-2H3. The fourth-order valence-corrected chi connectivity index (χ4v) is 5.26. The molecule has 2 saturated carbocycles. The summed E-state index contributed by atoms with van der Waals surface area (Å²) in [4.78, 5) is 14.8. The Kier molecular flexibility index (Phi) is 3.94. The van der Waals surface area contributed by atoms with Gasteiger partial charge in [-0.15, -0.1) is 0 Å². The molecular weight excluding hydrogens is 300 g/mol. The molecule has 132 valence electrons. The summed E-state index contributed by atoms with van der Waals surface area (Å²) in [7, 11) is 0. The van der Waals surface area contributed by atoms with Gasteiger partial charge in [0.15, 0.2) is 0 Å². The number of nitrogen functional groups attached to an aromatic ring is 1. The van der Waals surface area contributed by atoms with E-state index in [9.17, 15) is 4.79 Å². The Bertz CT molecular complexity index is 601. The third-order valence-corrected chi connectivity index (χ3v) is 6.68. The van der Waals surface area contributed by atoms with E-state index in [1.807, 2.05) is 24.7 Å². The number of nitrogens with two attached hydrogens (primary N) is 1. The average Bonchev–Trinajstić information content (AvgIpc) is 2.91. The number of likely N-dealkylation sites (tertiary alicyclic amines) is 1. The van der Waals surface area contributed by atoms with Gasteiger partial charge in [0, 0.05) is 37.2 Å². The fourth-order valence-electron chi connectivity index (χ4n) is 5.26. The van der Waals surface area contributed by atoms with Gasteiger partial charge in [-0.05, 0) is 43.9 Å². The zero-order chi connectivity index (χ0) is 16.9. The van der Waals surface area contributed by atoms with E-state index in [2.05, 4.69) is 10.00 Å². The number of aromatic nitrogens is 2. The van der Waals surface area contributed by atoms with Gasteiger partial charge in [-0.3, -0.25) is 9.48 Å². The molecule has 3 aliphatic rings. The molecular formula is C19H30N4O. The molecule has 24 heavy (non-hydrogen) atoms. The molecule has 0 radical (unpaired) electrons. The first kappa shape index (κ1) is 16.1. The van der Waals surface area contributed by atoms with E-state index in [4.69, 9.17) is 5.73 Å². The summed E-state index contributed by atoms with van der Waals surface area (Å²) in [6.07, 6.45) is 11.0. The minimum Gasteiger partial charge on any atom is -0.396 e. The molecule has 5 nitrogen and oxygen atoms in total. The highest BCUT2D eigenvalue weighted by atomic mass is 16.1. The van der Waals surface area contributed by atoms with E-state index in [-0.39, 0.29) is 5.92 Å². The van der Waals surface area contributed by atoms with Gasteiger partial charge >= 0.3 is 0 Å². The highest BCUT2D eigenvalue weighted by Crippen LogP contribution is 2.60. The Labute approximate surface area is 144 Å². The molecule has 0 bridgehead atoms. The van der Waals surface area contributed by atoms with Crippen LogP contribution in [0.4, 0.5) is 5.69 Å². The lowest BCUT2D eigenvalue weighted by molar-refractivity contribution is -0.144. The normalized spacial score (nSPS) is 34.3. The summed E-state index contributed by atoms with van der Waals surface area (Å²) in [5.74, 6) is 1.06. The summed E-state index contributed by atoms with van der Waals surface area (Å²) in [5.41, 5.74) is 7.06. The van der Waals surface area contributed by atoms with Gasteiger partial charge in [0.1, 0.15) is 5.78 Å². The van der Waals surface area contributed by atoms with Crippen LogP contribution in [-0.2, 0) is 4.79 Å². The van der Waals surface area contributed by atoms with Crippen LogP contribution in [0.25, 0.3) is 0 Å². The third kappa shape index (κ3) is 2.77. The van der Waals surface area contributed by atoms with Gasteiger partial charge in [-0.1, -0.05) is 13.8 Å². The molecule has 2 N–H and O–H groups in total. The second-order valence-corrected chi connectivity index (χ2v) is 8.75. The van der Waals surface area contributed by atoms with Crippen molar-refractivity contribution < 1.29 is 4.79 Å². The molecule has 1 spiro atoms. The zero-order valence-electron chi connectivity index (χ0n) is 14.9. The summed E-state index contributed by atoms with van der Waals surface area (Å²) in [6, 6.07) is 1.26. The first-order chi connectivity index (χ1) is 11.5. The van der Waals surface area contributed by atoms with Crippen molar-refractivity contribution in [1.82, 2.24) is 14.7 Å². The van der Waals surface area contributed by atoms with E-state index in [0.29, 0.717) is 23.2 Å². The molecule has 1 aromatic heterocycles. The fraction of sp³-hybridized carbons (Fsp3) is 0.789. The lowest BCUT2D eigenvalue weighted by Gasteiger charge is -2.60. The monoisotopic (exact) mass is 330 g/mol. The van der Waals surface area contributed by atoms with Crippen LogP contribution in [0, 0.1) is 17.3 Å². The van der Waals surface area contributed by atoms with Crippen molar-refractivity contribution >= 4 is 11.5 Å². The Balaban J connectivity index is 1.23. The van der Waals surface area contributed by atoms with E-state index >= 15 is 0 Å². The number of piperidine rings is 1. The Morgan fingerprint density at radius 1 is 1.21 bits per heavy atom. The highest BCUT2D eigenvalue weighted by molar-refractivity contribution is 5.83. The molecule has 0 aromatic carbocycles. The molecule has 0 unspecified atom stereocenters. The zero-order valence-corrected chi connectivity index (χ0v) is 14.9. The van der Waals surface area contributed by atoms with Crippen LogP contribution in [-0.4, -0.2) is 39.6 Å². The van der Waals surface area contributed by atoms with E-state index in [1.54, 1.807) is 6.20 Å². The predicted molar refractivity (Wildman–Crippen MR) is 94.5 cm³/mol. The van der Waals surface area contributed by atoms with Gasteiger partial charge in [-0.2, -0.15) is 5.10 Å². The van der Waals surface area contributed by atoms with E-state index in [1.165, 1.54) is 38.8 Å². The molecule has 0 atom stereocenters. The molecule has 1 aromatic rings. The van der Waals surface area contributed by atoms with Crippen molar-refractivity contribution in [3.05, 3.63) is 12.4 Å². The van der Waals surface area contributed by atoms with E-state index in [0.717, 1.165) is 24.6 Å². The summed E-state index contributed by atoms with van der Waals surface area (Å²) in [6.45, 7) is 6.40. The Morgan fingerprint density at radius 3 is 2.42 bits per heavy atom. The number of hydrogen-bond acceptors (Lipinski definition) is 4. The van der Waals surface area contributed by atoms with Crippen molar-refractivity contribution in [1.29, 1.82) is 0 Å². The number of hydrogen-bond donors (Lipinski definition) is 1. The summed E-state index contributed by atoms with van der Waals surface area (Å²) in [5, 5.41) is 4.37. The van der Waals surface area contributed by atoms with Crippen molar-refractivity contribution in [2.75, 3.05) is 18.8 Å². The van der Waals surface area contributed by atoms with Gasteiger partial charge in [0.25, 0.3) is 0 Å². The maximum atomic E-state index is 12.1. The first-order valence-electron chi connectivity index (χ1n) is 9.53. The van der Waals surface area contributed by atoms with Crippen LogP contribution >= 0.6 is 0 Å². The van der Waals surface area contributed by atoms with Crippen LogP contribution in [0.15, 0.2) is 12.4 Å². The first-order valence-corrected chi connectivity index (χ1v) is 9.53. The molecule has 0 amide bonds. The molecule has 3 fully saturated rings. The lowest BCUT2D eigenvalue weighted by atomic mass is 9.48. The third-order valence-electron chi connectivity index (χ3n) is 6.68. The van der Waals surface area contributed by atoms with Gasteiger partial charge < -0.3 is 10.6 Å². The van der Waals surface area contributed by atoms with Gasteiger partial charge in [0.2, 0.25) is 0 Å². The largest absolute Gasteiger partial charge is 0.396 e. The molecule has 1 saturated heterocycles. The van der Waals surface area contributed by atoms with Crippen LogP contribution < -0.4 is 5.73 Å². The number of carbonyl (C=O) groups is 1. The second kappa shape index (κ2) is 5.87. The molecule has 1 aliphatic heterocycles. The summed E-state index contributed by atoms with van der Waals surface area (Å²) < 4.78 is 2.04. The lowest BCUT2D eigenvalue weighted by Crippen LogP contribution is -2.58. The van der Waals surface area contributed by atoms with Crippen LogP contribution in [0.1, 0.15) is 58.4 Å². The Morgan fingerprint density at radius 2 is 1.88 bits per heavy atom. The number of ketones is 1. The van der Waals surface area contributed by atoms with Crippen LogP contribution in [0.3, 0.4) is 0 Å². The van der Waals surface area contributed by atoms with E-state index < -0.39 is 0 Å². The molecule has 2 aliphatic carbocycles. The highest BCUT2D eigenvalue weighted by Gasteiger charge is 2.55. The van der Waals surface area contributed by atoms with Crippen LogP contribution in [0.5, 0.6) is 0 Å². The predicted octanol–water partition coefficient (Wildman–Crippen LogP) is 2.89. The van der Waals surface area contributed by atoms with Gasteiger partial charge in [-0.25, -0.2) is 0 Å². The SMILES string of the molecule is CC(C)C(=O)C1CC2(C1)CC(N1CCC(n3cc(N)cn3)CC1)C2. The molecule has 5 heteroatoms. The van der Waals surface area contributed by atoms with Crippen molar-refractivity contribution in [2.45, 2.75) is 64.5 Å². The number of carbonyl (C=O) groups excluding carboxylic acids is 1. The average molecular weight is 330 g/mol. The number of anilines is 1. The van der Waals surface area contributed by atoms with Crippen molar-refractivity contribution in [3.8, 4) is 0 Å². The minimum atomic E-state index is 0.207. The molecule has 2 heterocycles. The number of rotatable bonds is 4. The number of nitrogens with zero attached hydrogens (tertiary/aromatic N) is 3. The molecule has 4 rings (SSSR count). The smallest absolute Gasteiger partial charge is 0.138 e. The minimum absolute atomic E-state index is 0.207. The maximum absolute atomic E-state index is 12.1. The second-order valence-electron chi connectivity index (χ2n) is 8.75. The van der Waals surface area contributed by atoms with Gasteiger partial charge in [0.05, 0.1) is 17.9 Å². The van der Waals surface area contributed by atoms with Crippen LogP contribution in [0.2, 0.25) is 0 Å². The maximum Gasteiger partial charge on any atom is 0.138 e.